The topological polar surface area (TPSA) is 59.2 Å². The van der Waals surface area contributed by atoms with Crippen LogP contribution in [0.2, 0.25) is 0 Å². The minimum Gasteiger partial charge on any atom is -0.330 e. The Balaban J connectivity index is 2.31. The molecule has 5 heteroatoms. The second kappa shape index (κ2) is 4.97. The van der Waals surface area contributed by atoms with Crippen LogP contribution in [-0.4, -0.2) is 27.9 Å². The second-order valence-electron chi connectivity index (χ2n) is 5.47. The molecular formula is C13H21N3OS. The summed E-state index contributed by atoms with van der Waals surface area (Å²) in [4.78, 5) is 18.5. The molecule has 0 saturated carbocycles. The molecule has 2 heterocycles. The quantitative estimate of drug-likeness (QED) is 0.914. The minimum absolute atomic E-state index is 0.0544. The zero-order chi connectivity index (χ0) is 13.4. The van der Waals surface area contributed by atoms with Crippen molar-refractivity contribution in [2.45, 2.75) is 58.2 Å². The summed E-state index contributed by atoms with van der Waals surface area (Å²) in [6.45, 7) is 8.31. The molecule has 2 N–H and O–H groups in total. The van der Waals surface area contributed by atoms with E-state index in [2.05, 4.69) is 18.8 Å². The van der Waals surface area contributed by atoms with E-state index in [9.17, 15) is 4.79 Å². The molecule has 0 aliphatic carbocycles. The highest BCUT2D eigenvalue weighted by Crippen LogP contribution is 2.35. The molecule has 1 aromatic rings. The van der Waals surface area contributed by atoms with Crippen LogP contribution in [0.25, 0.3) is 0 Å². The lowest BCUT2D eigenvalue weighted by Gasteiger charge is -2.29. The molecule has 18 heavy (non-hydrogen) atoms. The number of carbonyl (C=O) groups is 1. The van der Waals surface area contributed by atoms with Gasteiger partial charge in [-0.05, 0) is 13.8 Å². The van der Waals surface area contributed by atoms with Gasteiger partial charge in [0.1, 0.15) is 0 Å². The Morgan fingerprint density at radius 1 is 1.44 bits per heavy atom. The van der Waals surface area contributed by atoms with Crippen molar-refractivity contribution in [3.8, 4) is 0 Å². The van der Waals surface area contributed by atoms with E-state index in [1.807, 2.05) is 24.1 Å². The summed E-state index contributed by atoms with van der Waals surface area (Å²) in [6.07, 6.45) is 0.428. The predicted octanol–water partition coefficient (Wildman–Crippen LogP) is 2.28. The van der Waals surface area contributed by atoms with Gasteiger partial charge in [-0.3, -0.25) is 4.79 Å². The summed E-state index contributed by atoms with van der Waals surface area (Å²) >= 11 is 1.66. The maximum atomic E-state index is 12.0. The number of aromatic nitrogens is 1. The number of amides is 1. The van der Waals surface area contributed by atoms with Crippen molar-refractivity contribution in [2.75, 3.05) is 0 Å². The Hall–Kier alpha value is -0.940. The maximum Gasteiger partial charge on any atom is 0.225 e. The van der Waals surface area contributed by atoms with Gasteiger partial charge in [-0.25, -0.2) is 4.98 Å². The number of nitrogens with zero attached hydrogens (tertiary/aromatic N) is 2. The van der Waals surface area contributed by atoms with Crippen LogP contribution in [0.3, 0.4) is 0 Å². The Bertz CT molecular complexity index is 441. The van der Waals surface area contributed by atoms with E-state index in [1.54, 1.807) is 11.3 Å². The monoisotopic (exact) mass is 267 g/mol. The molecular weight excluding hydrogens is 246 g/mol. The number of nitrogens with two attached hydrogens (primary N) is 1. The van der Waals surface area contributed by atoms with E-state index >= 15 is 0 Å². The van der Waals surface area contributed by atoms with Gasteiger partial charge in [0.25, 0.3) is 0 Å². The maximum absolute atomic E-state index is 12.0. The third kappa shape index (κ3) is 2.29. The number of hydrogen-bond acceptors (Lipinski definition) is 4. The third-order valence-electron chi connectivity index (χ3n) is 3.30. The molecule has 4 nitrogen and oxygen atoms in total. The van der Waals surface area contributed by atoms with Gasteiger partial charge in [0.05, 0.1) is 16.7 Å². The number of thiazole rings is 1. The van der Waals surface area contributed by atoms with Crippen LogP contribution in [0.5, 0.6) is 0 Å². The molecule has 1 fully saturated rings. The standard InChI is InChI=1S/C13H21N3OS/c1-7(2)13-15-10(6-18-13)12-9(14)5-11(17)16(12)8(3)4/h6-9,12H,5,14H2,1-4H3/t9-,12-/m0/s1. The van der Waals surface area contributed by atoms with Crippen molar-refractivity contribution in [3.05, 3.63) is 16.1 Å². The van der Waals surface area contributed by atoms with E-state index in [1.165, 1.54) is 0 Å². The molecule has 1 aromatic heterocycles. The van der Waals surface area contributed by atoms with Crippen LogP contribution >= 0.6 is 11.3 Å². The number of rotatable bonds is 3. The fourth-order valence-electron chi connectivity index (χ4n) is 2.45. The molecule has 2 atom stereocenters. The molecule has 1 aliphatic rings. The van der Waals surface area contributed by atoms with E-state index < -0.39 is 0 Å². The van der Waals surface area contributed by atoms with Gasteiger partial charge >= 0.3 is 0 Å². The van der Waals surface area contributed by atoms with E-state index in [0.29, 0.717) is 12.3 Å². The Kier molecular flexibility index (Phi) is 3.73. The van der Waals surface area contributed by atoms with Gasteiger partial charge in [-0.2, -0.15) is 0 Å². The second-order valence-corrected chi connectivity index (χ2v) is 6.36. The smallest absolute Gasteiger partial charge is 0.225 e. The molecule has 0 aromatic carbocycles. The molecule has 1 saturated heterocycles. The third-order valence-corrected chi connectivity index (χ3v) is 4.46. The first kappa shape index (κ1) is 13.5. The molecule has 100 valence electrons. The number of hydrogen-bond donors (Lipinski definition) is 1. The van der Waals surface area contributed by atoms with Crippen LogP contribution < -0.4 is 5.73 Å². The SMILES string of the molecule is CC(C)c1nc([C@@H]2[C@@H](N)CC(=O)N2C(C)C)cs1. The average molecular weight is 267 g/mol. The van der Waals surface area contributed by atoms with E-state index in [0.717, 1.165) is 10.7 Å². The summed E-state index contributed by atoms with van der Waals surface area (Å²) in [5.74, 6) is 0.561. The first-order valence-electron chi connectivity index (χ1n) is 6.44. The van der Waals surface area contributed by atoms with Crippen molar-refractivity contribution in [1.82, 2.24) is 9.88 Å². The van der Waals surface area contributed by atoms with E-state index in [-0.39, 0.29) is 24.0 Å². The summed E-state index contributed by atoms with van der Waals surface area (Å²) < 4.78 is 0. The van der Waals surface area contributed by atoms with Gasteiger partial charge in [-0.1, -0.05) is 13.8 Å². The molecule has 1 aliphatic heterocycles. The van der Waals surface area contributed by atoms with Crippen molar-refractivity contribution < 1.29 is 4.79 Å². The van der Waals surface area contributed by atoms with Gasteiger partial charge in [0.2, 0.25) is 5.91 Å². The largest absolute Gasteiger partial charge is 0.330 e. The van der Waals surface area contributed by atoms with E-state index in [4.69, 9.17) is 5.73 Å². The van der Waals surface area contributed by atoms with Gasteiger partial charge < -0.3 is 10.6 Å². The first-order valence-corrected chi connectivity index (χ1v) is 7.31. The Labute approximate surface area is 112 Å². The number of carbonyl (C=O) groups excluding carboxylic acids is 1. The van der Waals surface area contributed by atoms with Crippen LogP contribution in [0, 0.1) is 0 Å². The number of likely N-dealkylation sites (tertiary alicyclic amines) is 1. The highest BCUT2D eigenvalue weighted by atomic mass is 32.1. The lowest BCUT2D eigenvalue weighted by molar-refractivity contribution is -0.130. The van der Waals surface area contributed by atoms with Crippen molar-refractivity contribution in [3.63, 3.8) is 0 Å². The molecule has 0 spiro atoms. The van der Waals surface area contributed by atoms with Crippen LogP contribution in [0.1, 0.15) is 56.8 Å². The molecule has 1 amide bonds. The minimum atomic E-state index is -0.137. The lowest BCUT2D eigenvalue weighted by Crippen LogP contribution is -2.37. The molecule has 2 rings (SSSR count). The Morgan fingerprint density at radius 3 is 2.61 bits per heavy atom. The summed E-state index contributed by atoms with van der Waals surface area (Å²) in [5, 5.41) is 3.16. The van der Waals surface area contributed by atoms with Crippen molar-refractivity contribution in [1.29, 1.82) is 0 Å². The summed E-state index contributed by atoms with van der Waals surface area (Å²) in [6, 6.07) is -0.0245. The first-order chi connectivity index (χ1) is 8.41. The summed E-state index contributed by atoms with van der Waals surface area (Å²) in [5.41, 5.74) is 7.07. The fourth-order valence-corrected chi connectivity index (χ4v) is 3.32. The van der Waals surface area contributed by atoms with Gasteiger partial charge in [0.15, 0.2) is 0 Å². The zero-order valence-electron chi connectivity index (χ0n) is 11.4. The highest BCUT2D eigenvalue weighted by molar-refractivity contribution is 7.09. The van der Waals surface area contributed by atoms with Crippen LogP contribution in [-0.2, 0) is 4.79 Å². The van der Waals surface area contributed by atoms with Crippen molar-refractivity contribution >= 4 is 17.2 Å². The Morgan fingerprint density at radius 2 is 2.11 bits per heavy atom. The highest BCUT2D eigenvalue weighted by Gasteiger charge is 2.41. The molecule has 0 bridgehead atoms. The lowest BCUT2D eigenvalue weighted by atomic mass is 10.1. The molecule has 0 unspecified atom stereocenters. The van der Waals surface area contributed by atoms with Gasteiger partial charge in [-0.15, -0.1) is 11.3 Å². The van der Waals surface area contributed by atoms with Crippen LogP contribution in [0.4, 0.5) is 0 Å². The van der Waals surface area contributed by atoms with Gasteiger partial charge in [0, 0.05) is 29.8 Å². The average Bonchev–Trinajstić information content (AvgIpc) is 2.81. The normalized spacial score (nSPS) is 24.6. The van der Waals surface area contributed by atoms with Crippen molar-refractivity contribution in [2.24, 2.45) is 5.73 Å². The summed E-state index contributed by atoms with van der Waals surface area (Å²) in [7, 11) is 0. The zero-order valence-corrected chi connectivity index (χ0v) is 12.2. The predicted molar refractivity (Wildman–Crippen MR) is 73.5 cm³/mol. The fraction of sp³-hybridized carbons (Fsp3) is 0.692. The van der Waals surface area contributed by atoms with Crippen LogP contribution in [0.15, 0.2) is 5.38 Å². The molecule has 0 radical (unpaired) electrons.